The number of amides is 1. The van der Waals surface area contributed by atoms with Crippen LogP contribution in [0, 0.1) is 17.8 Å². The van der Waals surface area contributed by atoms with E-state index in [0.29, 0.717) is 24.3 Å². The van der Waals surface area contributed by atoms with Crippen molar-refractivity contribution < 1.29 is 23.9 Å². The molecule has 1 aliphatic heterocycles. The molecule has 0 fully saturated rings. The van der Waals surface area contributed by atoms with Crippen molar-refractivity contribution in [2.75, 3.05) is 0 Å². The van der Waals surface area contributed by atoms with E-state index in [1.807, 2.05) is 51.2 Å². The lowest BCUT2D eigenvalue weighted by Crippen LogP contribution is -2.27. The summed E-state index contributed by atoms with van der Waals surface area (Å²) in [5.41, 5.74) is 6.96. The number of carbonyl (C=O) groups excluding carboxylic acids is 3. The van der Waals surface area contributed by atoms with Gasteiger partial charge in [-0.1, -0.05) is 68.9 Å². The molecule has 2 N–H and O–H groups in total. The van der Waals surface area contributed by atoms with Crippen molar-refractivity contribution in [3.63, 3.8) is 0 Å². The fourth-order valence-electron chi connectivity index (χ4n) is 3.96. The van der Waals surface area contributed by atoms with E-state index in [1.54, 1.807) is 6.92 Å². The van der Waals surface area contributed by atoms with Gasteiger partial charge in [-0.15, -0.1) is 0 Å². The molecule has 1 heterocycles. The average Bonchev–Trinajstić information content (AvgIpc) is 2.79. The molecule has 0 radical (unpaired) electrons. The summed E-state index contributed by atoms with van der Waals surface area (Å²) in [5.74, 6) is -0.0488. The Bertz CT molecular complexity index is 836. The molecule has 1 amide bonds. The van der Waals surface area contributed by atoms with E-state index < -0.39 is 6.09 Å². The smallest absolute Gasteiger partial charge is 0.404 e. The molecule has 0 bridgehead atoms. The van der Waals surface area contributed by atoms with Crippen LogP contribution in [0.3, 0.4) is 0 Å². The van der Waals surface area contributed by atoms with Crippen LogP contribution in [0.4, 0.5) is 4.79 Å². The second-order valence-electron chi connectivity index (χ2n) is 9.62. The van der Waals surface area contributed by atoms with Crippen LogP contribution in [0.15, 0.2) is 59.8 Å². The van der Waals surface area contributed by atoms with Gasteiger partial charge in [0.1, 0.15) is 18.5 Å². The van der Waals surface area contributed by atoms with Gasteiger partial charge >= 0.3 is 12.1 Å². The van der Waals surface area contributed by atoms with Gasteiger partial charge in [0.25, 0.3) is 0 Å². The summed E-state index contributed by atoms with van der Waals surface area (Å²) < 4.78 is 11.1. The molecule has 0 aromatic carbocycles. The number of nitrogens with two attached hydrogens (primary N) is 1. The standard InChI is InChI=1S/C29H43NO5/c1-21-12-8-7-11-15-28(32)34-27(25(5)18-23(3)20-31)19-22(2)13-9-6-10-14-26(35-29(30)33)24(4)17-16-21/h6,9,11,13,15-18,20-21,24-27H,7-8,10,12,14,19H2,1-5H3,(H2,30,33)/b9-6+,15-11+,17-16+,22-13+,23-18+. The Kier molecular flexibility index (Phi) is 14.4. The normalized spacial score (nSPS) is 31.1. The maximum atomic E-state index is 12.5. The monoisotopic (exact) mass is 485 g/mol. The molecule has 5 atom stereocenters. The zero-order valence-electron chi connectivity index (χ0n) is 21.9. The molecular weight excluding hydrogens is 442 g/mol. The molecule has 35 heavy (non-hydrogen) atoms. The summed E-state index contributed by atoms with van der Waals surface area (Å²) in [4.78, 5) is 34.9. The highest BCUT2D eigenvalue weighted by molar-refractivity contribution is 5.82. The molecule has 0 saturated heterocycles. The summed E-state index contributed by atoms with van der Waals surface area (Å²) in [5, 5.41) is 0. The molecule has 0 spiro atoms. The zero-order chi connectivity index (χ0) is 26.2. The van der Waals surface area contributed by atoms with Gasteiger partial charge in [-0.05, 0) is 57.4 Å². The minimum atomic E-state index is -0.752. The van der Waals surface area contributed by atoms with Crippen molar-refractivity contribution >= 4 is 18.3 Å². The number of primary amides is 1. The second-order valence-corrected chi connectivity index (χ2v) is 9.62. The predicted molar refractivity (Wildman–Crippen MR) is 141 cm³/mol. The highest BCUT2D eigenvalue weighted by atomic mass is 16.6. The molecule has 194 valence electrons. The van der Waals surface area contributed by atoms with E-state index in [0.717, 1.165) is 37.5 Å². The van der Waals surface area contributed by atoms with Gasteiger partial charge in [-0.25, -0.2) is 9.59 Å². The van der Waals surface area contributed by atoms with E-state index in [1.165, 1.54) is 6.08 Å². The molecule has 0 aromatic heterocycles. The van der Waals surface area contributed by atoms with Gasteiger partial charge in [-0.3, -0.25) is 4.79 Å². The van der Waals surface area contributed by atoms with E-state index in [9.17, 15) is 14.4 Å². The van der Waals surface area contributed by atoms with Crippen LogP contribution in [0.5, 0.6) is 0 Å². The largest absolute Gasteiger partial charge is 0.458 e. The lowest BCUT2D eigenvalue weighted by Gasteiger charge is -2.22. The van der Waals surface area contributed by atoms with Gasteiger partial charge in [0, 0.05) is 24.3 Å². The minimum absolute atomic E-state index is 0.0565. The molecule has 6 heteroatoms. The number of hydrogen-bond acceptors (Lipinski definition) is 5. The first-order valence-electron chi connectivity index (χ1n) is 12.6. The number of esters is 1. The van der Waals surface area contributed by atoms with E-state index >= 15 is 0 Å². The zero-order valence-corrected chi connectivity index (χ0v) is 21.9. The molecule has 5 unspecified atom stereocenters. The first-order valence-corrected chi connectivity index (χ1v) is 12.6. The number of aldehydes is 1. The quantitative estimate of drug-likeness (QED) is 0.216. The van der Waals surface area contributed by atoms with Crippen LogP contribution >= 0.6 is 0 Å². The van der Waals surface area contributed by atoms with Crippen LogP contribution in [-0.4, -0.2) is 30.6 Å². The average molecular weight is 486 g/mol. The summed E-state index contributed by atoms with van der Waals surface area (Å²) in [6.07, 6.45) is 19.5. The Hall–Kier alpha value is -2.89. The Morgan fingerprint density at radius 1 is 1.20 bits per heavy atom. The molecule has 0 aromatic rings. The van der Waals surface area contributed by atoms with Gasteiger partial charge < -0.3 is 15.2 Å². The molecule has 6 nitrogen and oxygen atoms in total. The fourth-order valence-corrected chi connectivity index (χ4v) is 3.96. The third kappa shape index (κ3) is 13.5. The van der Waals surface area contributed by atoms with Gasteiger partial charge in [-0.2, -0.15) is 0 Å². The van der Waals surface area contributed by atoms with Crippen molar-refractivity contribution in [2.45, 2.75) is 85.4 Å². The molecule has 0 saturated carbocycles. The van der Waals surface area contributed by atoms with Crippen LogP contribution in [0.25, 0.3) is 0 Å². The maximum absolute atomic E-state index is 12.5. The first-order chi connectivity index (χ1) is 16.6. The molecule has 1 aliphatic rings. The first kappa shape index (κ1) is 30.1. The number of carbonyl (C=O) groups is 3. The predicted octanol–water partition coefficient (Wildman–Crippen LogP) is 6.38. The summed E-state index contributed by atoms with van der Waals surface area (Å²) in [6.45, 7) is 9.87. The van der Waals surface area contributed by atoms with E-state index in [2.05, 4.69) is 19.1 Å². The number of ether oxygens (including phenoxy) is 2. The Balaban J connectivity index is 3.08. The van der Waals surface area contributed by atoms with Crippen LogP contribution in [0.1, 0.15) is 73.1 Å². The third-order valence-corrected chi connectivity index (χ3v) is 6.10. The van der Waals surface area contributed by atoms with Crippen LogP contribution in [-0.2, 0) is 19.1 Å². The maximum Gasteiger partial charge on any atom is 0.404 e. The molecule has 1 rings (SSSR count). The van der Waals surface area contributed by atoms with E-state index in [4.69, 9.17) is 15.2 Å². The lowest BCUT2D eigenvalue weighted by molar-refractivity contribution is -0.144. The number of cyclic esters (lactones) is 1. The van der Waals surface area contributed by atoms with Crippen LogP contribution in [0.2, 0.25) is 0 Å². The lowest BCUT2D eigenvalue weighted by atomic mass is 9.95. The highest BCUT2D eigenvalue weighted by Gasteiger charge is 2.20. The Morgan fingerprint density at radius 3 is 2.63 bits per heavy atom. The van der Waals surface area contributed by atoms with Gasteiger partial charge in [0.15, 0.2) is 0 Å². The van der Waals surface area contributed by atoms with Gasteiger partial charge in [0.2, 0.25) is 0 Å². The number of allylic oxidation sites excluding steroid dienone is 6. The van der Waals surface area contributed by atoms with Crippen molar-refractivity contribution in [3.05, 3.63) is 59.8 Å². The molecule has 0 aliphatic carbocycles. The summed E-state index contributed by atoms with van der Waals surface area (Å²) in [7, 11) is 0. The topological polar surface area (TPSA) is 95.7 Å². The second kappa shape index (κ2) is 16.7. The highest BCUT2D eigenvalue weighted by Crippen LogP contribution is 2.21. The van der Waals surface area contributed by atoms with Gasteiger partial charge in [0.05, 0.1) is 0 Å². The minimum Gasteiger partial charge on any atom is -0.458 e. The van der Waals surface area contributed by atoms with Crippen molar-refractivity contribution in [1.82, 2.24) is 0 Å². The summed E-state index contributed by atoms with van der Waals surface area (Å²) in [6, 6.07) is 0. The van der Waals surface area contributed by atoms with Crippen molar-refractivity contribution in [2.24, 2.45) is 23.5 Å². The number of hydrogen-bond donors (Lipinski definition) is 1. The van der Waals surface area contributed by atoms with Crippen LogP contribution < -0.4 is 5.73 Å². The Labute approximate surface area is 211 Å². The van der Waals surface area contributed by atoms with E-state index in [-0.39, 0.29) is 30.0 Å². The molecular formula is C29H43NO5. The summed E-state index contributed by atoms with van der Waals surface area (Å²) >= 11 is 0. The fraction of sp³-hybridized carbons (Fsp3) is 0.552. The van der Waals surface area contributed by atoms with Crippen molar-refractivity contribution in [1.29, 1.82) is 0 Å². The number of rotatable bonds is 4. The third-order valence-electron chi connectivity index (χ3n) is 6.10. The SMILES string of the molecule is C/C(C=O)=C\C(C)C1C/C(C)=C/C=C/CCC(OC(N)=O)C(C)/C=C/C(C)CCC/C=C/C(=O)O1. The van der Waals surface area contributed by atoms with Crippen molar-refractivity contribution in [3.8, 4) is 0 Å². The Morgan fingerprint density at radius 2 is 1.94 bits per heavy atom.